The Bertz CT molecular complexity index is 96.4. The van der Waals surface area contributed by atoms with Crippen molar-refractivity contribution in [1.82, 2.24) is 0 Å². The molecule has 0 aliphatic carbocycles. The van der Waals surface area contributed by atoms with Crippen molar-refractivity contribution in [2.24, 2.45) is 5.73 Å². The van der Waals surface area contributed by atoms with Gasteiger partial charge in [-0.2, -0.15) is 0 Å². The van der Waals surface area contributed by atoms with Gasteiger partial charge in [0.15, 0.2) is 0 Å². The van der Waals surface area contributed by atoms with Gasteiger partial charge in [-0.05, 0) is 0 Å². The Labute approximate surface area is 53.7 Å². The van der Waals surface area contributed by atoms with Crippen LogP contribution in [0.15, 0.2) is 0 Å². The van der Waals surface area contributed by atoms with E-state index in [1.165, 1.54) is 6.92 Å². The zero-order valence-electron chi connectivity index (χ0n) is 5.55. The molecule has 4 nitrogen and oxygen atoms in total. The predicted octanol–water partition coefficient (Wildman–Crippen LogP) is -0.0274. The van der Waals surface area contributed by atoms with Gasteiger partial charge in [0.05, 0.1) is 0 Å². The number of carboxylic acids is 1. The molecule has 0 saturated heterocycles. The van der Waals surface area contributed by atoms with E-state index >= 15 is 0 Å². The van der Waals surface area contributed by atoms with Crippen LogP contribution in [0.2, 0.25) is 0 Å². The van der Waals surface area contributed by atoms with Crippen molar-refractivity contribution in [1.29, 1.82) is 0 Å². The Morgan fingerprint density at radius 3 is 1.67 bits per heavy atom. The molecule has 0 aliphatic heterocycles. The van der Waals surface area contributed by atoms with Gasteiger partial charge in [0.1, 0.15) is 0 Å². The van der Waals surface area contributed by atoms with Crippen LogP contribution >= 0.6 is 0 Å². The van der Waals surface area contributed by atoms with E-state index in [2.05, 4.69) is 5.73 Å². The van der Waals surface area contributed by atoms with Crippen LogP contribution in [0.1, 0.15) is 20.3 Å². The molecular weight excluding hydrogens is 122 g/mol. The highest BCUT2D eigenvalue weighted by atomic mass is 16.4. The quantitative estimate of drug-likeness (QED) is 0.527. The second-order valence-corrected chi connectivity index (χ2v) is 1.36. The zero-order valence-corrected chi connectivity index (χ0v) is 5.55. The summed E-state index contributed by atoms with van der Waals surface area (Å²) in [4.78, 5) is 18.6. The Hall–Kier alpha value is -1.06. The average molecular weight is 133 g/mol. The Balaban J connectivity index is 0. The van der Waals surface area contributed by atoms with Crippen LogP contribution in [0.3, 0.4) is 0 Å². The molecule has 0 aromatic rings. The molecule has 9 heavy (non-hydrogen) atoms. The van der Waals surface area contributed by atoms with E-state index in [4.69, 9.17) is 5.11 Å². The first-order valence-corrected chi connectivity index (χ1v) is 2.48. The van der Waals surface area contributed by atoms with Crippen LogP contribution in [0, 0.1) is 0 Å². The van der Waals surface area contributed by atoms with E-state index in [0.717, 1.165) is 0 Å². The fourth-order valence-corrected chi connectivity index (χ4v) is 0. The summed E-state index contributed by atoms with van der Waals surface area (Å²) in [7, 11) is 0. The topological polar surface area (TPSA) is 80.4 Å². The van der Waals surface area contributed by atoms with Gasteiger partial charge in [0, 0.05) is 13.3 Å². The third-order valence-electron chi connectivity index (χ3n) is 0.302. The fraction of sp³-hybridized carbons (Fsp3) is 0.600. The Morgan fingerprint density at radius 1 is 1.56 bits per heavy atom. The highest BCUT2D eigenvalue weighted by molar-refractivity contribution is 5.70. The fourth-order valence-electron chi connectivity index (χ4n) is 0. The molecule has 0 heterocycles. The van der Waals surface area contributed by atoms with Crippen LogP contribution in [0.5, 0.6) is 0 Å². The number of carbonyl (C=O) groups excluding carboxylic acids is 1. The normalized spacial score (nSPS) is 6.89. The SMILES string of the molecule is CC(N)=O.CCC(=O)O. The van der Waals surface area contributed by atoms with Crippen molar-refractivity contribution in [3.05, 3.63) is 0 Å². The molecule has 0 aliphatic rings. The molecular formula is C5H11NO3. The molecule has 0 rings (SSSR count). The monoisotopic (exact) mass is 133 g/mol. The lowest BCUT2D eigenvalue weighted by atomic mass is 10.5. The van der Waals surface area contributed by atoms with Gasteiger partial charge in [-0.1, -0.05) is 6.92 Å². The summed E-state index contributed by atoms with van der Waals surface area (Å²) in [5.41, 5.74) is 4.47. The Kier molecular flexibility index (Phi) is 8.36. The van der Waals surface area contributed by atoms with Crippen molar-refractivity contribution >= 4 is 11.9 Å². The number of aliphatic carboxylic acids is 1. The third-order valence-corrected chi connectivity index (χ3v) is 0.302. The Morgan fingerprint density at radius 2 is 1.67 bits per heavy atom. The maximum atomic E-state index is 9.37. The second-order valence-electron chi connectivity index (χ2n) is 1.36. The molecule has 3 N–H and O–H groups in total. The molecule has 0 radical (unpaired) electrons. The van der Waals surface area contributed by atoms with Crippen molar-refractivity contribution in [2.45, 2.75) is 20.3 Å². The van der Waals surface area contributed by atoms with Gasteiger partial charge in [0.25, 0.3) is 0 Å². The average Bonchev–Trinajstić information content (AvgIpc) is 1.65. The van der Waals surface area contributed by atoms with Crippen LogP contribution in [0.4, 0.5) is 0 Å². The van der Waals surface area contributed by atoms with Gasteiger partial charge in [0.2, 0.25) is 5.91 Å². The van der Waals surface area contributed by atoms with Crippen LogP contribution in [-0.2, 0) is 9.59 Å². The summed E-state index contributed by atoms with van der Waals surface area (Å²) in [6.07, 6.45) is 0.222. The number of primary amides is 1. The number of amides is 1. The molecule has 0 fully saturated rings. The van der Waals surface area contributed by atoms with Crippen molar-refractivity contribution in [2.75, 3.05) is 0 Å². The molecule has 0 aromatic carbocycles. The van der Waals surface area contributed by atoms with Gasteiger partial charge in [-0.15, -0.1) is 0 Å². The minimum absolute atomic E-state index is 0.222. The number of carboxylic acid groups (broad SMARTS) is 1. The van der Waals surface area contributed by atoms with E-state index in [1.54, 1.807) is 6.92 Å². The first-order valence-electron chi connectivity index (χ1n) is 2.48. The third kappa shape index (κ3) is 192. The predicted molar refractivity (Wildman–Crippen MR) is 32.8 cm³/mol. The van der Waals surface area contributed by atoms with Crippen molar-refractivity contribution in [3.63, 3.8) is 0 Å². The molecule has 0 spiro atoms. The maximum absolute atomic E-state index is 9.37. The molecule has 54 valence electrons. The number of nitrogens with two attached hydrogens (primary N) is 1. The van der Waals surface area contributed by atoms with Gasteiger partial charge in [-0.25, -0.2) is 0 Å². The highest BCUT2D eigenvalue weighted by Crippen LogP contribution is 1.67. The summed E-state index contributed by atoms with van der Waals surface area (Å²) in [6, 6.07) is 0. The number of hydrogen-bond acceptors (Lipinski definition) is 2. The minimum Gasteiger partial charge on any atom is -0.481 e. The summed E-state index contributed by atoms with van der Waals surface area (Å²) >= 11 is 0. The van der Waals surface area contributed by atoms with Gasteiger partial charge in [-0.3, -0.25) is 9.59 Å². The highest BCUT2D eigenvalue weighted by Gasteiger charge is 1.80. The largest absolute Gasteiger partial charge is 0.481 e. The molecule has 0 aromatic heterocycles. The van der Waals surface area contributed by atoms with E-state index in [0.29, 0.717) is 0 Å². The van der Waals surface area contributed by atoms with Crippen LogP contribution in [-0.4, -0.2) is 17.0 Å². The van der Waals surface area contributed by atoms with Crippen molar-refractivity contribution in [3.8, 4) is 0 Å². The molecule has 0 bridgehead atoms. The summed E-state index contributed by atoms with van der Waals surface area (Å²) < 4.78 is 0. The minimum atomic E-state index is -0.745. The summed E-state index contributed by atoms with van der Waals surface area (Å²) in [5, 5.41) is 7.72. The van der Waals surface area contributed by atoms with E-state index in [1.807, 2.05) is 0 Å². The first-order chi connectivity index (χ1) is 4.00. The van der Waals surface area contributed by atoms with Gasteiger partial charge < -0.3 is 10.8 Å². The van der Waals surface area contributed by atoms with Crippen molar-refractivity contribution < 1.29 is 14.7 Å². The van der Waals surface area contributed by atoms with Crippen LogP contribution < -0.4 is 5.73 Å². The zero-order chi connectivity index (χ0) is 7.86. The number of hydrogen-bond donors (Lipinski definition) is 2. The first kappa shape index (κ1) is 10.8. The molecule has 4 heteroatoms. The lowest BCUT2D eigenvalue weighted by molar-refractivity contribution is -0.136. The summed E-state index contributed by atoms with van der Waals surface area (Å²) in [5.74, 6) is -1.08. The summed E-state index contributed by atoms with van der Waals surface area (Å²) in [6.45, 7) is 2.91. The number of carbonyl (C=O) groups is 2. The molecule has 0 unspecified atom stereocenters. The lowest BCUT2D eigenvalue weighted by Crippen LogP contribution is -2.01. The lowest BCUT2D eigenvalue weighted by Gasteiger charge is -1.71. The second kappa shape index (κ2) is 6.94. The van der Waals surface area contributed by atoms with E-state index in [9.17, 15) is 9.59 Å². The molecule has 1 amide bonds. The molecule has 0 atom stereocenters. The van der Waals surface area contributed by atoms with Gasteiger partial charge >= 0.3 is 5.97 Å². The smallest absolute Gasteiger partial charge is 0.303 e. The molecule has 0 saturated carbocycles. The maximum Gasteiger partial charge on any atom is 0.303 e. The number of rotatable bonds is 1. The van der Waals surface area contributed by atoms with Crippen LogP contribution in [0.25, 0.3) is 0 Å². The van der Waals surface area contributed by atoms with E-state index in [-0.39, 0.29) is 12.3 Å². The van der Waals surface area contributed by atoms with E-state index < -0.39 is 5.97 Å². The standard InChI is InChI=1S/C3H6O2.C2H5NO/c1-2-3(4)5;1-2(3)4/h2H2,1H3,(H,4,5);1H3,(H2,3,4).